The van der Waals surface area contributed by atoms with Crippen molar-refractivity contribution in [3.05, 3.63) is 34.3 Å². The number of nitrogens with one attached hydrogen (secondary N) is 1. The van der Waals surface area contributed by atoms with Crippen molar-refractivity contribution in [2.45, 2.75) is 51.7 Å². The van der Waals surface area contributed by atoms with E-state index in [1.807, 2.05) is 6.07 Å². The van der Waals surface area contributed by atoms with Crippen LogP contribution < -0.4 is 5.32 Å². The highest BCUT2D eigenvalue weighted by Crippen LogP contribution is 2.45. The van der Waals surface area contributed by atoms with Crippen LogP contribution in [-0.2, 0) is 11.2 Å². The van der Waals surface area contributed by atoms with Gasteiger partial charge < -0.3 is 10.1 Å². The van der Waals surface area contributed by atoms with Gasteiger partial charge in [-0.1, -0.05) is 31.5 Å². The summed E-state index contributed by atoms with van der Waals surface area (Å²) in [5, 5.41) is 4.58. The maximum Gasteiger partial charge on any atom is 0.0699 e. The molecule has 2 aliphatic rings. The molecule has 3 rings (SSSR count). The van der Waals surface area contributed by atoms with Gasteiger partial charge in [0.05, 0.1) is 6.10 Å². The third kappa shape index (κ3) is 2.88. The van der Waals surface area contributed by atoms with Crippen LogP contribution in [0.15, 0.2) is 18.2 Å². The summed E-state index contributed by atoms with van der Waals surface area (Å²) in [5.41, 5.74) is 3.04. The van der Waals surface area contributed by atoms with Gasteiger partial charge in [-0.3, -0.25) is 0 Å². The zero-order valence-electron chi connectivity index (χ0n) is 12.4. The quantitative estimate of drug-likeness (QED) is 0.905. The molecule has 1 fully saturated rings. The van der Waals surface area contributed by atoms with Crippen molar-refractivity contribution >= 4 is 11.6 Å². The van der Waals surface area contributed by atoms with Gasteiger partial charge in [0.1, 0.15) is 0 Å². The van der Waals surface area contributed by atoms with Crippen molar-refractivity contribution in [2.75, 3.05) is 13.2 Å². The van der Waals surface area contributed by atoms with Crippen LogP contribution in [0.1, 0.15) is 50.3 Å². The van der Waals surface area contributed by atoms with Gasteiger partial charge in [-0.15, -0.1) is 0 Å². The number of rotatable bonds is 3. The lowest BCUT2D eigenvalue weighted by Gasteiger charge is -2.31. The maximum atomic E-state index is 6.18. The predicted octanol–water partition coefficient (Wildman–Crippen LogP) is 4.12. The summed E-state index contributed by atoms with van der Waals surface area (Å²) >= 11 is 6.18. The first-order valence-corrected chi connectivity index (χ1v) is 8.07. The number of hydrogen-bond donors (Lipinski definition) is 1. The van der Waals surface area contributed by atoms with E-state index in [0.29, 0.717) is 12.1 Å². The molecule has 2 atom stereocenters. The zero-order chi connectivity index (χ0) is 14.2. The average Bonchev–Trinajstić information content (AvgIpc) is 2.67. The summed E-state index contributed by atoms with van der Waals surface area (Å²) in [6.45, 7) is 6.53. The molecule has 1 aliphatic carbocycles. The molecule has 0 aromatic heterocycles. The lowest BCUT2D eigenvalue weighted by molar-refractivity contribution is 0.0130. The van der Waals surface area contributed by atoms with Crippen LogP contribution in [0, 0.1) is 5.41 Å². The van der Waals surface area contributed by atoms with E-state index in [0.717, 1.165) is 24.6 Å². The Kier molecular flexibility index (Phi) is 4.07. The molecule has 2 unspecified atom stereocenters. The molecule has 3 heteroatoms. The fourth-order valence-corrected chi connectivity index (χ4v) is 3.79. The number of fused-ring (bicyclic) bond motifs is 1. The van der Waals surface area contributed by atoms with Crippen LogP contribution >= 0.6 is 11.6 Å². The minimum atomic E-state index is 0.238. The van der Waals surface area contributed by atoms with E-state index in [1.165, 1.54) is 30.4 Å². The average molecular weight is 294 g/mol. The monoisotopic (exact) mass is 293 g/mol. The molecule has 1 aliphatic heterocycles. The van der Waals surface area contributed by atoms with Crippen LogP contribution in [0.5, 0.6) is 0 Å². The fraction of sp³-hybridized carbons (Fsp3) is 0.647. The second-order valence-electron chi connectivity index (χ2n) is 6.84. The second-order valence-corrected chi connectivity index (χ2v) is 7.27. The maximum absolute atomic E-state index is 6.18. The molecule has 1 N–H and O–H groups in total. The Hall–Kier alpha value is -0.570. The Balaban J connectivity index is 1.72. The summed E-state index contributed by atoms with van der Waals surface area (Å²) in [5.74, 6) is 0. The molecule has 1 aromatic carbocycles. The van der Waals surface area contributed by atoms with Gasteiger partial charge in [-0.2, -0.15) is 0 Å². The molecule has 0 amide bonds. The van der Waals surface area contributed by atoms with Gasteiger partial charge in [0.2, 0.25) is 0 Å². The molecule has 110 valence electrons. The first-order chi connectivity index (χ1) is 9.56. The summed E-state index contributed by atoms with van der Waals surface area (Å²) in [4.78, 5) is 0. The third-order valence-corrected chi connectivity index (χ3v) is 4.91. The van der Waals surface area contributed by atoms with Gasteiger partial charge in [-0.25, -0.2) is 0 Å². The highest BCUT2D eigenvalue weighted by Gasteiger charge is 2.39. The van der Waals surface area contributed by atoms with E-state index in [-0.39, 0.29) is 5.41 Å². The summed E-state index contributed by atoms with van der Waals surface area (Å²) in [6.07, 6.45) is 5.18. The number of hydrogen-bond acceptors (Lipinski definition) is 2. The fourth-order valence-electron chi connectivity index (χ4n) is 3.61. The third-order valence-electron chi connectivity index (χ3n) is 4.67. The van der Waals surface area contributed by atoms with Crippen LogP contribution in [0.25, 0.3) is 0 Å². The number of ether oxygens (including phenoxy) is 1. The zero-order valence-corrected chi connectivity index (χ0v) is 13.2. The van der Waals surface area contributed by atoms with Gasteiger partial charge >= 0.3 is 0 Å². The van der Waals surface area contributed by atoms with Crippen LogP contribution in [0.4, 0.5) is 0 Å². The molecule has 0 radical (unpaired) electrons. The predicted molar refractivity (Wildman–Crippen MR) is 83.3 cm³/mol. The van der Waals surface area contributed by atoms with Crippen molar-refractivity contribution in [3.8, 4) is 0 Å². The molecule has 0 bridgehead atoms. The standard InChI is InChI=1S/C17H24ClNO/c1-17(2)10-12-6-7-13(18)9-15(12)16(17)19-11-14-5-3-4-8-20-14/h6-7,9,14,16,19H,3-5,8,10-11H2,1-2H3. The van der Waals surface area contributed by atoms with Crippen molar-refractivity contribution in [3.63, 3.8) is 0 Å². The Labute approximate surface area is 126 Å². The molecule has 1 saturated heterocycles. The van der Waals surface area contributed by atoms with Crippen molar-refractivity contribution in [1.29, 1.82) is 0 Å². The van der Waals surface area contributed by atoms with E-state index in [4.69, 9.17) is 16.3 Å². The topological polar surface area (TPSA) is 21.3 Å². The van der Waals surface area contributed by atoms with E-state index in [2.05, 4.69) is 31.3 Å². The molecule has 0 saturated carbocycles. The first kappa shape index (κ1) is 14.4. The Morgan fingerprint density at radius 3 is 2.95 bits per heavy atom. The molecule has 0 spiro atoms. The smallest absolute Gasteiger partial charge is 0.0699 e. The normalized spacial score (nSPS) is 28.4. The first-order valence-electron chi connectivity index (χ1n) is 7.69. The lowest BCUT2D eigenvalue weighted by Crippen LogP contribution is -2.38. The molecule has 1 heterocycles. The van der Waals surface area contributed by atoms with Gasteiger partial charge in [0.25, 0.3) is 0 Å². The van der Waals surface area contributed by atoms with Crippen LogP contribution in [0.3, 0.4) is 0 Å². The molecule has 2 nitrogen and oxygen atoms in total. The van der Waals surface area contributed by atoms with Crippen molar-refractivity contribution < 1.29 is 4.74 Å². The lowest BCUT2D eigenvalue weighted by atomic mass is 9.85. The van der Waals surface area contributed by atoms with Gasteiger partial charge in [0, 0.05) is 24.2 Å². The van der Waals surface area contributed by atoms with E-state index in [9.17, 15) is 0 Å². The van der Waals surface area contributed by atoms with Crippen molar-refractivity contribution in [1.82, 2.24) is 5.32 Å². The highest BCUT2D eigenvalue weighted by molar-refractivity contribution is 6.30. The van der Waals surface area contributed by atoms with E-state index in [1.54, 1.807) is 0 Å². The molecular formula is C17H24ClNO. The van der Waals surface area contributed by atoms with Crippen LogP contribution in [0.2, 0.25) is 5.02 Å². The molecular weight excluding hydrogens is 270 g/mol. The molecule has 1 aromatic rings. The minimum Gasteiger partial charge on any atom is -0.377 e. The van der Waals surface area contributed by atoms with Crippen molar-refractivity contribution in [2.24, 2.45) is 5.41 Å². The Morgan fingerprint density at radius 2 is 2.20 bits per heavy atom. The summed E-state index contributed by atoms with van der Waals surface area (Å²) in [6, 6.07) is 6.69. The second kappa shape index (κ2) is 5.67. The summed E-state index contributed by atoms with van der Waals surface area (Å²) < 4.78 is 5.83. The van der Waals surface area contributed by atoms with Gasteiger partial charge in [-0.05, 0) is 54.4 Å². The SMILES string of the molecule is CC1(C)Cc2ccc(Cl)cc2C1NCC1CCCCO1. The van der Waals surface area contributed by atoms with E-state index >= 15 is 0 Å². The Bertz CT molecular complexity index is 480. The molecule has 20 heavy (non-hydrogen) atoms. The highest BCUT2D eigenvalue weighted by atomic mass is 35.5. The Morgan fingerprint density at radius 1 is 1.35 bits per heavy atom. The number of benzene rings is 1. The largest absolute Gasteiger partial charge is 0.377 e. The van der Waals surface area contributed by atoms with Crippen LogP contribution in [-0.4, -0.2) is 19.3 Å². The van der Waals surface area contributed by atoms with E-state index < -0.39 is 0 Å². The van der Waals surface area contributed by atoms with Gasteiger partial charge in [0.15, 0.2) is 0 Å². The summed E-state index contributed by atoms with van der Waals surface area (Å²) in [7, 11) is 0. The number of halogens is 1. The minimum absolute atomic E-state index is 0.238.